The lowest BCUT2D eigenvalue weighted by Crippen LogP contribution is -2.42. The maximum atomic E-state index is 13.7. The molecule has 2 aromatic carbocycles. The van der Waals surface area contributed by atoms with Crippen molar-refractivity contribution in [1.29, 1.82) is 0 Å². The number of rotatable bonds is 9. The van der Waals surface area contributed by atoms with Gasteiger partial charge in [-0.3, -0.25) is 0 Å². The molecular formula is C22H30FN3O2. The SMILES string of the molecule is CCNC(=NCc1ccc(C)c(F)c1)NCC(O)COC(C)c1ccccc1. The van der Waals surface area contributed by atoms with Crippen LogP contribution >= 0.6 is 0 Å². The smallest absolute Gasteiger partial charge is 0.191 e. The molecule has 2 rings (SSSR count). The molecule has 0 bridgehead atoms. The molecule has 28 heavy (non-hydrogen) atoms. The van der Waals surface area contributed by atoms with Crippen molar-refractivity contribution in [3.63, 3.8) is 0 Å². The van der Waals surface area contributed by atoms with Crippen molar-refractivity contribution in [2.24, 2.45) is 4.99 Å². The molecule has 0 saturated heterocycles. The van der Waals surface area contributed by atoms with Gasteiger partial charge in [0.25, 0.3) is 0 Å². The Kier molecular flexibility index (Phi) is 8.91. The molecule has 0 aliphatic heterocycles. The lowest BCUT2D eigenvalue weighted by molar-refractivity contribution is -0.000599. The van der Waals surface area contributed by atoms with Crippen molar-refractivity contribution >= 4 is 5.96 Å². The molecule has 0 fully saturated rings. The second kappa shape index (κ2) is 11.4. The van der Waals surface area contributed by atoms with E-state index in [2.05, 4.69) is 15.6 Å². The van der Waals surface area contributed by atoms with Crippen LogP contribution in [0.5, 0.6) is 0 Å². The summed E-state index contributed by atoms with van der Waals surface area (Å²) in [5, 5.41) is 16.4. The minimum absolute atomic E-state index is 0.0887. The number of aryl methyl sites for hydroxylation is 1. The number of hydrogen-bond donors (Lipinski definition) is 3. The topological polar surface area (TPSA) is 65.9 Å². The molecule has 2 unspecified atom stereocenters. The Morgan fingerprint density at radius 2 is 1.93 bits per heavy atom. The molecule has 0 radical (unpaired) electrons. The summed E-state index contributed by atoms with van der Waals surface area (Å²) in [6, 6.07) is 15.0. The quantitative estimate of drug-likeness (QED) is 0.456. The van der Waals surface area contributed by atoms with Crippen LogP contribution in [0.1, 0.15) is 36.6 Å². The minimum atomic E-state index is -0.674. The number of guanidine groups is 1. The predicted molar refractivity (Wildman–Crippen MR) is 111 cm³/mol. The first-order valence-electron chi connectivity index (χ1n) is 9.61. The number of aliphatic hydroxyl groups is 1. The van der Waals surface area contributed by atoms with E-state index < -0.39 is 6.10 Å². The Morgan fingerprint density at radius 1 is 1.18 bits per heavy atom. The van der Waals surface area contributed by atoms with E-state index in [1.165, 1.54) is 6.07 Å². The standard InChI is InChI=1S/C22H30FN3O2/c1-4-24-22(25-13-18-11-10-16(2)21(23)12-18)26-14-20(27)15-28-17(3)19-8-6-5-7-9-19/h5-12,17,20,27H,4,13-15H2,1-3H3,(H2,24,25,26). The van der Waals surface area contributed by atoms with Crippen LogP contribution in [0.25, 0.3) is 0 Å². The van der Waals surface area contributed by atoms with Crippen LogP contribution in [0.15, 0.2) is 53.5 Å². The van der Waals surface area contributed by atoms with Crippen LogP contribution in [-0.4, -0.2) is 36.9 Å². The van der Waals surface area contributed by atoms with Gasteiger partial charge in [-0.15, -0.1) is 0 Å². The molecule has 0 saturated carbocycles. The zero-order valence-electron chi connectivity index (χ0n) is 16.8. The molecule has 152 valence electrons. The van der Waals surface area contributed by atoms with Crippen LogP contribution in [-0.2, 0) is 11.3 Å². The van der Waals surface area contributed by atoms with Crippen molar-refractivity contribution in [2.45, 2.75) is 39.5 Å². The molecule has 0 aliphatic rings. The van der Waals surface area contributed by atoms with Gasteiger partial charge in [0.15, 0.2) is 5.96 Å². The molecule has 0 aromatic heterocycles. The largest absolute Gasteiger partial charge is 0.389 e. The highest BCUT2D eigenvalue weighted by molar-refractivity contribution is 5.79. The van der Waals surface area contributed by atoms with Gasteiger partial charge in [-0.2, -0.15) is 0 Å². The van der Waals surface area contributed by atoms with Crippen LogP contribution in [0, 0.1) is 12.7 Å². The second-order valence-electron chi connectivity index (χ2n) is 6.70. The fourth-order valence-corrected chi connectivity index (χ4v) is 2.60. The van der Waals surface area contributed by atoms with Crippen molar-refractivity contribution in [3.8, 4) is 0 Å². The van der Waals surface area contributed by atoms with E-state index in [0.717, 1.165) is 11.1 Å². The molecule has 5 nitrogen and oxygen atoms in total. The molecule has 6 heteroatoms. The number of halogens is 1. The van der Waals surface area contributed by atoms with Crippen molar-refractivity contribution in [2.75, 3.05) is 19.7 Å². The third-order valence-electron chi connectivity index (χ3n) is 4.31. The summed E-state index contributed by atoms with van der Waals surface area (Å²) >= 11 is 0. The summed E-state index contributed by atoms with van der Waals surface area (Å²) in [5.41, 5.74) is 2.48. The highest BCUT2D eigenvalue weighted by Crippen LogP contribution is 2.15. The summed E-state index contributed by atoms with van der Waals surface area (Å²) in [4.78, 5) is 4.45. The Morgan fingerprint density at radius 3 is 2.61 bits per heavy atom. The number of aliphatic imine (C=N–C) groups is 1. The molecule has 0 amide bonds. The second-order valence-corrected chi connectivity index (χ2v) is 6.70. The summed E-state index contributed by atoms with van der Waals surface area (Å²) in [6.45, 7) is 7.21. The van der Waals surface area contributed by atoms with E-state index in [4.69, 9.17) is 4.74 Å². The molecule has 3 N–H and O–H groups in total. The van der Waals surface area contributed by atoms with Gasteiger partial charge in [0.1, 0.15) is 5.82 Å². The normalized spacial score (nSPS) is 13.8. The fraction of sp³-hybridized carbons (Fsp3) is 0.409. The van der Waals surface area contributed by atoms with E-state index in [0.29, 0.717) is 31.2 Å². The molecule has 2 aromatic rings. The van der Waals surface area contributed by atoms with Gasteiger partial charge >= 0.3 is 0 Å². The van der Waals surface area contributed by atoms with Crippen molar-refractivity contribution in [3.05, 3.63) is 71.0 Å². The summed E-state index contributed by atoms with van der Waals surface area (Å²) < 4.78 is 19.4. The Labute approximate surface area is 166 Å². The first-order valence-corrected chi connectivity index (χ1v) is 9.61. The Balaban J connectivity index is 1.81. The lowest BCUT2D eigenvalue weighted by atomic mass is 10.1. The minimum Gasteiger partial charge on any atom is -0.389 e. The first-order chi connectivity index (χ1) is 13.5. The van der Waals surface area contributed by atoms with Gasteiger partial charge in [0, 0.05) is 13.1 Å². The summed E-state index contributed by atoms with van der Waals surface area (Å²) in [6.07, 6.45) is -0.763. The highest BCUT2D eigenvalue weighted by atomic mass is 19.1. The maximum absolute atomic E-state index is 13.7. The van der Waals surface area contributed by atoms with Crippen molar-refractivity contribution < 1.29 is 14.2 Å². The first kappa shape index (κ1) is 21.9. The van der Waals surface area contributed by atoms with Gasteiger partial charge in [-0.05, 0) is 43.5 Å². The zero-order chi connectivity index (χ0) is 20.4. The fourth-order valence-electron chi connectivity index (χ4n) is 2.60. The third-order valence-corrected chi connectivity index (χ3v) is 4.31. The molecule has 0 heterocycles. The van der Waals surface area contributed by atoms with Gasteiger partial charge in [0.2, 0.25) is 0 Å². The molecular weight excluding hydrogens is 357 g/mol. The average molecular weight is 387 g/mol. The van der Waals surface area contributed by atoms with Crippen LogP contribution in [0.3, 0.4) is 0 Å². The molecule has 0 spiro atoms. The Bertz CT molecular complexity index is 753. The third kappa shape index (κ3) is 7.29. The number of aliphatic hydroxyl groups excluding tert-OH is 1. The monoisotopic (exact) mass is 387 g/mol. The van der Waals surface area contributed by atoms with Gasteiger partial charge in [-0.25, -0.2) is 9.38 Å². The van der Waals surface area contributed by atoms with Gasteiger partial charge in [-0.1, -0.05) is 42.5 Å². The van der Waals surface area contributed by atoms with Crippen LogP contribution in [0.2, 0.25) is 0 Å². The van der Waals surface area contributed by atoms with E-state index in [9.17, 15) is 9.50 Å². The summed E-state index contributed by atoms with van der Waals surface area (Å²) in [7, 11) is 0. The number of benzene rings is 2. The van der Waals surface area contributed by atoms with E-state index in [1.807, 2.05) is 50.2 Å². The number of nitrogens with one attached hydrogen (secondary N) is 2. The van der Waals surface area contributed by atoms with Crippen LogP contribution < -0.4 is 10.6 Å². The zero-order valence-corrected chi connectivity index (χ0v) is 16.8. The number of hydrogen-bond acceptors (Lipinski definition) is 3. The van der Waals surface area contributed by atoms with E-state index in [-0.39, 0.29) is 18.5 Å². The van der Waals surface area contributed by atoms with E-state index in [1.54, 1.807) is 13.0 Å². The highest BCUT2D eigenvalue weighted by Gasteiger charge is 2.10. The van der Waals surface area contributed by atoms with Gasteiger partial charge < -0.3 is 20.5 Å². The van der Waals surface area contributed by atoms with Gasteiger partial charge in [0.05, 0.1) is 25.4 Å². The van der Waals surface area contributed by atoms with Crippen molar-refractivity contribution in [1.82, 2.24) is 10.6 Å². The van der Waals surface area contributed by atoms with Crippen LogP contribution in [0.4, 0.5) is 4.39 Å². The summed E-state index contributed by atoms with van der Waals surface area (Å²) in [5.74, 6) is 0.337. The maximum Gasteiger partial charge on any atom is 0.191 e. The predicted octanol–water partition coefficient (Wildman–Crippen LogP) is 3.33. The molecule has 0 aliphatic carbocycles. The number of nitrogens with zero attached hydrogens (tertiary/aromatic N) is 1. The Hall–Kier alpha value is -2.44. The molecule has 2 atom stereocenters. The average Bonchev–Trinajstić information content (AvgIpc) is 2.71. The number of ether oxygens (including phenoxy) is 1. The van der Waals surface area contributed by atoms with E-state index >= 15 is 0 Å². The lowest BCUT2D eigenvalue weighted by Gasteiger charge is -2.18.